The lowest BCUT2D eigenvalue weighted by Crippen LogP contribution is -2.07. The van der Waals surface area contributed by atoms with Gasteiger partial charge in [0.05, 0.1) is 0 Å². The van der Waals surface area contributed by atoms with Crippen molar-refractivity contribution in [3.05, 3.63) is 34.3 Å². The molecule has 0 spiro atoms. The molecule has 0 aliphatic rings. The average molecular weight is 224 g/mol. The van der Waals surface area contributed by atoms with E-state index in [1.54, 1.807) is 6.07 Å². The van der Waals surface area contributed by atoms with Gasteiger partial charge in [0.15, 0.2) is 0 Å². The molecule has 0 aromatic heterocycles. The Morgan fingerprint density at radius 3 is 2.64 bits per heavy atom. The van der Waals surface area contributed by atoms with Gasteiger partial charge < -0.3 is 0 Å². The zero-order chi connectivity index (χ0) is 11.0. The predicted octanol–water partition coefficient (Wildman–Crippen LogP) is 3.56. The standard InChI is InChI=1S/C8H7BrF2/c1-8(10,11)6-4-2-3-5-7(6)9/h2-5H,1H3/i1D3. The number of hydrogen-bond acceptors (Lipinski definition) is 0. The Hall–Kier alpha value is -0.440. The molecule has 0 N–H and O–H groups in total. The SMILES string of the molecule is [2H]C([2H])([2H])C(F)(F)c1ccccc1Br. The molecule has 1 aromatic rings. The van der Waals surface area contributed by atoms with Crippen molar-refractivity contribution >= 4 is 15.9 Å². The minimum Gasteiger partial charge on any atom is -0.202 e. The van der Waals surface area contributed by atoms with Crippen molar-refractivity contribution in [2.45, 2.75) is 12.8 Å². The van der Waals surface area contributed by atoms with Crippen LogP contribution in [0.3, 0.4) is 0 Å². The lowest BCUT2D eigenvalue weighted by atomic mass is 10.1. The van der Waals surface area contributed by atoms with Crippen molar-refractivity contribution in [1.29, 1.82) is 0 Å². The molecule has 0 radical (unpaired) electrons. The summed E-state index contributed by atoms with van der Waals surface area (Å²) in [6, 6.07) is 5.40. The van der Waals surface area contributed by atoms with Gasteiger partial charge >= 0.3 is 0 Å². The van der Waals surface area contributed by atoms with Crippen molar-refractivity contribution in [3.63, 3.8) is 0 Å². The van der Waals surface area contributed by atoms with Gasteiger partial charge in [-0.1, -0.05) is 34.1 Å². The van der Waals surface area contributed by atoms with Gasteiger partial charge in [0.25, 0.3) is 5.92 Å². The second-order valence-corrected chi connectivity index (χ2v) is 2.91. The molecule has 60 valence electrons. The topological polar surface area (TPSA) is 0 Å². The fourth-order valence-electron chi connectivity index (χ4n) is 0.716. The van der Waals surface area contributed by atoms with Gasteiger partial charge in [-0.2, -0.15) is 0 Å². The van der Waals surface area contributed by atoms with Crippen LogP contribution in [0.5, 0.6) is 0 Å². The monoisotopic (exact) mass is 223 g/mol. The quantitative estimate of drug-likeness (QED) is 0.684. The fraction of sp³-hybridized carbons (Fsp3) is 0.250. The van der Waals surface area contributed by atoms with E-state index in [4.69, 9.17) is 4.11 Å². The third-order valence-corrected chi connectivity index (χ3v) is 1.90. The van der Waals surface area contributed by atoms with Crippen molar-refractivity contribution in [2.75, 3.05) is 0 Å². The van der Waals surface area contributed by atoms with E-state index < -0.39 is 18.3 Å². The van der Waals surface area contributed by atoms with Crippen LogP contribution in [0.25, 0.3) is 0 Å². The lowest BCUT2D eigenvalue weighted by molar-refractivity contribution is 0.0167. The Kier molecular flexibility index (Phi) is 1.38. The van der Waals surface area contributed by atoms with Crippen molar-refractivity contribution in [2.24, 2.45) is 0 Å². The molecule has 1 aromatic carbocycles. The normalized spacial score (nSPS) is 16.8. The van der Waals surface area contributed by atoms with Crippen LogP contribution in [0.15, 0.2) is 28.7 Å². The zero-order valence-electron chi connectivity index (χ0n) is 8.44. The number of hydrogen-bond donors (Lipinski definition) is 0. The van der Waals surface area contributed by atoms with Gasteiger partial charge in [-0.05, 0) is 6.07 Å². The van der Waals surface area contributed by atoms with Crippen LogP contribution in [-0.2, 0) is 5.92 Å². The highest BCUT2D eigenvalue weighted by molar-refractivity contribution is 9.10. The smallest absolute Gasteiger partial charge is 0.202 e. The van der Waals surface area contributed by atoms with Gasteiger partial charge in [0, 0.05) is 21.0 Å². The average Bonchev–Trinajstić information content (AvgIpc) is 2.02. The van der Waals surface area contributed by atoms with Crippen LogP contribution in [0.1, 0.15) is 16.5 Å². The summed E-state index contributed by atoms with van der Waals surface area (Å²) in [5, 5.41) is 0. The maximum absolute atomic E-state index is 13.3. The molecule has 0 saturated carbocycles. The van der Waals surface area contributed by atoms with E-state index in [-0.39, 0.29) is 4.47 Å². The highest BCUT2D eigenvalue weighted by Gasteiger charge is 2.25. The first-order valence-corrected chi connectivity index (χ1v) is 3.69. The van der Waals surface area contributed by atoms with Crippen LogP contribution in [-0.4, -0.2) is 0 Å². The van der Waals surface area contributed by atoms with Crippen LogP contribution in [0.2, 0.25) is 0 Å². The van der Waals surface area contributed by atoms with Crippen molar-refractivity contribution in [3.8, 4) is 0 Å². The fourth-order valence-corrected chi connectivity index (χ4v) is 1.25. The summed E-state index contributed by atoms with van der Waals surface area (Å²) >= 11 is 2.89. The summed E-state index contributed by atoms with van der Waals surface area (Å²) < 4.78 is 47.0. The molecule has 0 aliphatic heterocycles. The second-order valence-electron chi connectivity index (χ2n) is 2.05. The van der Waals surface area contributed by atoms with Crippen LogP contribution in [0, 0.1) is 0 Å². The van der Waals surface area contributed by atoms with Crippen LogP contribution in [0.4, 0.5) is 8.78 Å². The van der Waals surface area contributed by atoms with E-state index in [0.717, 1.165) is 6.07 Å². The minimum absolute atomic E-state index is 0.0983. The highest BCUT2D eigenvalue weighted by atomic mass is 79.9. The molecule has 0 bridgehead atoms. The minimum atomic E-state index is -3.83. The number of benzene rings is 1. The molecule has 0 fully saturated rings. The van der Waals surface area contributed by atoms with E-state index in [1.165, 1.54) is 12.1 Å². The van der Waals surface area contributed by atoms with E-state index in [0.29, 0.717) is 0 Å². The van der Waals surface area contributed by atoms with E-state index in [1.807, 2.05) is 0 Å². The summed E-state index contributed by atoms with van der Waals surface area (Å²) in [7, 11) is 0. The Morgan fingerprint density at radius 2 is 2.09 bits per heavy atom. The molecule has 3 heteroatoms. The first-order chi connectivity index (χ1) is 6.27. The summed E-state index contributed by atoms with van der Waals surface area (Å²) in [6.07, 6.45) is 0. The van der Waals surface area contributed by atoms with Crippen LogP contribution < -0.4 is 0 Å². The van der Waals surface area contributed by atoms with Gasteiger partial charge in [0.2, 0.25) is 0 Å². The second kappa shape index (κ2) is 2.89. The third-order valence-electron chi connectivity index (χ3n) is 1.21. The molecular formula is C8H7BrF2. The Balaban J connectivity index is 3.23. The molecular weight excluding hydrogens is 214 g/mol. The van der Waals surface area contributed by atoms with Gasteiger partial charge in [-0.25, -0.2) is 8.78 Å². The largest absolute Gasteiger partial charge is 0.271 e. The number of rotatable bonds is 1. The van der Waals surface area contributed by atoms with Gasteiger partial charge in [-0.3, -0.25) is 0 Å². The third kappa shape index (κ3) is 1.99. The molecule has 11 heavy (non-hydrogen) atoms. The highest BCUT2D eigenvalue weighted by Crippen LogP contribution is 2.32. The van der Waals surface area contributed by atoms with Gasteiger partial charge in [-0.15, -0.1) is 0 Å². The maximum Gasteiger partial charge on any atom is 0.271 e. The van der Waals surface area contributed by atoms with Crippen molar-refractivity contribution in [1.82, 2.24) is 0 Å². The first-order valence-electron chi connectivity index (χ1n) is 4.39. The molecule has 0 nitrogen and oxygen atoms in total. The Bertz CT molecular complexity index is 336. The van der Waals surface area contributed by atoms with Crippen molar-refractivity contribution < 1.29 is 12.9 Å². The summed E-state index contributed by atoms with van der Waals surface area (Å²) in [5.41, 5.74) is -0.514. The summed E-state index contributed by atoms with van der Waals surface area (Å²) in [4.78, 5) is 0. The Labute approximate surface area is 76.6 Å². The predicted molar refractivity (Wildman–Crippen MR) is 43.7 cm³/mol. The molecule has 1 rings (SSSR count). The zero-order valence-corrected chi connectivity index (χ0v) is 7.03. The first kappa shape index (κ1) is 5.25. The van der Waals surface area contributed by atoms with Gasteiger partial charge in [0.1, 0.15) is 0 Å². The van der Waals surface area contributed by atoms with Crippen LogP contribution >= 0.6 is 15.9 Å². The molecule has 0 unspecified atom stereocenters. The maximum atomic E-state index is 13.3. The number of halogens is 3. The molecule has 0 atom stereocenters. The van der Waals surface area contributed by atoms with E-state index >= 15 is 0 Å². The molecule has 0 saturated heterocycles. The molecule has 0 heterocycles. The number of alkyl halides is 2. The summed E-state index contributed by atoms with van der Waals surface area (Å²) in [5.74, 6) is -3.83. The van der Waals surface area contributed by atoms with E-state index in [9.17, 15) is 8.78 Å². The van der Waals surface area contributed by atoms with E-state index in [2.05, 4.69) is 15.9 Å². The molecule has 0 aliphatic carbocycles. The Morgan fingerprint density at radius 1 is 1.45 bits per heavy atom. The molecule has 0 amide bonds. The lowest BCUT2D eigenvalue weighted by Gasteiger charge is -2.11. The summed E-state index contributed by atoms with van der Waals surface area (Å²) in [6.45, 7) is -3.32.